The summed E-state index contributed by atoms with van der Waals surface area (Å²) >= 11 is 1.97. The standard InChI is InChI=1S/C16H25NO2S/c1-6-9-17-15-14-11(10-20-16(15,2)3)12(18-4)7-8-13(14)19-5/h7-8,15,17H,6,9-10H2,1-5H3. The minimum Gasteiger partial charge on any atom is -0.496 e. The van der Waals surface area contributed by atoms with Gasteiger partial charge in [-0.25, -0.2) is 0 Å². The Morgan fingerprint density at radius 1 is 1.25 bits per heavy atom. The van der Waals surface area contributed by atoms with Crippen LogP contribution in [0, 0.1) is 0 Å². The normalized spacial score (nSPS) is 20.4. The molecule has 4 heteroatoms. The molecule has 1 aromatic carbocycles. The van der Waals surface area contributed by atoms with Crippen molar-refractivity contribution in [3.05, 3.63) is 23.3 Å². The summed E-state index contributed by atoms with van der Waals surface area (Å²) in [6.07, 6.45) is 1.12. The Morgan fingerprint density at radius 2 is 1.90 bits per heavy atom. The monoisotopic (exact) mass is 295 g/mol. The van der Waals surface area contributed by atoms with Crippen LogP contribution in [0.5, 0.6) is 11.5 Å². The summed E-state index contributed by atoms with van der Waals surface area (Å²) in [5, 5.41) is 3.69. The van der Waals surface area contributed by atoms with E-state index in [1.54, 1.807) is 14.2 Å². The second kappa shape index (κ2) is 6.27. The fraction of sp³-hybridized carbons (Fsp3) is 0.625. The van der Waals surface area contributed by atoms with Crippen LogP contribution in [-0.4, -0.2) is 25.5 Å². The first-order valence-corrected chi connectivity index (χ1v) is 8.14. The van der Waals surface area contributed by atoms with Gasteiger partial charge in [0.05, 0.1) is 20.3 Å². The molecule has 1 N–H and O–H groups in total. The molecule has 3 nitrogen and oxygen atoms in total. The van der Waals surface area contributed by atoms with Crippen LogP contribution >= 0.6 is 11.8 Å². The van der Waals surface area contributed by atoms with Crippen molar-refractivity contribution >= 4 is 11.8 Å². The number of hydrogen-bond donors (Lipinski definition) is 1. The molecule has 1 aliphatic rings. The highest BCUT2D eigenvalue weighted by atomic mass is 32.2. The fourth-order valence-corrected chi connectivity index (χ4v) is 3.97. The van der Waals surface area contributed by atoms with Gasteiger partial charge in [-0.2, -0.15) is 0 Å². The van der Waals surface area contributed by atoms with Crippen molar-refractivity contribution in [2.45, 2.75) is 43.7 Å². The molecule has 0 aliphatic carbocycles. The van der Waals surface area contributed by atoms with Gasteiger partial charge in [-0.05, 0) is 38.9 Å². The quantitative estimate of drug-likeness (QED) is 0.896. The van der Waals surface area contributed by atoms with E-state index in [4.69, 9.17) is 9.47 Å². The molecule has 1 atom stereocenters. The van der Waals surface area contributed by atoms with Crippen LogP contribution in [0.25, 0.3) is 0 Å². The van der Waals surface area contributed by atoms with Crippen LogP contribution in [-0.2, 0) is 5.75 Å². The average Bonchev–Trinajstić information content (AvgIpc) is 2.44. The Hall–Kier alpha value is -0.870. The van der Waals surface area contributed by atoms with E-state index in [0.717, 1.165) is 30.2 Å². The molecule has 112 valence electrons. The highest BCUT2D eigenvalue weighted by Gasteiger charge is 2.39. The first-order valence-electron chi connectivity index (χ1n) is 7.16. The van der Waals surface area contributed by atoms with E-state index in [0.29, 0.717) is 0 Å². The van der Waals surface area contributed by atoms with Gasteiger partial charge in [0.25, 0.3) is 0 Å². The molecule has 2 rings (SSSR count). The van der Waals surface area contributed by atoms with Crippen molar-refractivity contribution in [2.24, 2.45) is 0 Å². The van der Waals surface area contributed by atoms with E-state index in [9.17, 15) is 0 Å². The molecule has 1 aliphatic heterocycles. The van der Waals surface area contributed by atoms with Crippen LogP contribution in [0.4, 0.5) is 0 Å². The van der Waals surface area contributed by atoms with E-state index < -0.39 is 0 Å². The van der Waals surface area contributed by atoms with Crippen molar-refractivity contribution in [3.8, 4) is 11.5 Å². The smallest absolute Gasteiger partial charge is 0.124 e. The van der Waals surface area contributed by atoms with Crippen molar-refractivity contribution < 1.29 is 9.47 Å². The molecule has 0 amide bonds. The molecule has 0 saturated heterocycles. The van der Waals surface area contributed by atoms with Crippen molar-refractivity contribution in [3.63, 3.8) is 0 Å². The summed E-state index contributed by atoms with van der Waals surface area (Å²) in [5.74, 6) is 2.89. The van der Waals surface area contributed by atoms with Gasteiger partial charge < -0.3 is 14.8 Å². The minimum atomic E-state index is 0.141. The lowest BCUT2D eigenvalue weighted by molar-refractivity contribution is 0.369. The number of ether oxygens (including phenoxy) is 2. The number of hydrogen-bond acceptors (Lipinski definition) is 4. The van der Waals surface area contributed by atoms with Gasteiger partial charge in [0, 0.05) is 21.6 Å². The Morgan fingerprint density at radius 3 is 2.50 bits per heavy atom. The fourth-order valence-electron chi connectivity index (χ4n) is 2.78. The molecule has 0 aromatic heterocycles. The van der Waals surface area contributed by atoms with E-state index in [1.807, 2.05) is 23.9 Å². The molecule has 0 spiro atoms. The highest BCUT2D eigenvalue weighted by molar-refractivity contribution is 8.00. The number of nitrogens with one attached hydrogen (secondary N) is 1. The third-order valence-corrected chi connectivity index (χ3v) is 5.30. The topological polar surface area (TPSA) is 30.5 Å². The molecule has 20 heavy (non-hydrogen) atoms. The van der Waals surface area contributed by atoms with Gasteiger partial charge in [-0.15, -0.1) is 11.8 Å². The predicted molar refractivity (Wildman–Crippen MR) is 86.0 cm³/mol. The maximum atomic E-state index is 5.61. The number of benzene rings is 1. The summed E-state index contributed by atoms with van der Waals surface area (Å²) in [7, 11) is 3.48. The van der Waals surface area contributed by atoms with E-state index in [2.05, 4.69) is 26.1 Å². The summed E-state index contributed by atoms with van der Waals surface area (Å²) in [5.41, 5.74) is 2.54. The SMILES string of the molecule is CCCNC1c2c(OC)ccc(OC)c2CSC1(C)C. The zero-order valence-corrected chi connectivity index (χ0v) is 13.9. The maximum absolute atomic E-state index is 5.61. The Balaban J connectivity index is 2.52. The zero-order valence-electron chi connectivity index (χ0n) is 13.1. The second-order valence-electron chi connectivity index (χ2n) is 5.64. The molecule has 0 bridgehead atoms. The molecule has 0 fully saturated rings. The van der Waals surface area contributed by atoms with E-state index >= 15 is 0 Å². The highest BCUT2D eigenvalue weighted by Crippen LogP contribution is 2.51. The van der Waals surface area contributed by atoms with Crippen LogP contribution in [0.1, 0.15) is 44.4 Å². The predicted octanol–water partition coefficient (Wildman–Crippen LogP) is 3.77. The van der Waals surface area contributed by atoms with Gasteiger partial charge in [-0.1, -0.05) is 6.92 Å². The maximum Gasteiger partial charge on any atom is 0.124 e. The Labute approximate surface area is 126 Å². The lowest BCUT2D eigenvalue weighted by Crippen LogP contribution is -2.40. The number of methoxy groups -OCH3 is 2. The van der Waals surface area contributed by atoms with E-state index in [1.165, 1.54) is 11.1 Å². The first-order chi connectivity index (χ1) is 9.55. The molecule has 1 heterocycles. The molecular formula is C16H25NO2S. The summed E-state index contributed by atoms with van der Waals surface area (Å²) in [6.45, 7) is 7.80. The van der Waals surface area contributed by atoms with Gasteiger partial charge in [-0.3, -0.25) is 0 Å². The largest absolute Gasteiger partial charge is 0.496 e. The molecule has 1 aromatic rings. The van der Waals surface area contributed by atoms with Crippen LogP contribution in [0.3, 0.4) is 0 Å². The average molecular weight is 295 g/mol. The number of rotatable bonds is 5. The Kier molecular flexibility index (Phi) is 4.86. The number of fused-ring (bicyclic) bond motifs is 1. The minimum absolute atomic E-state index is 0.141. The van der Waals surface area contributed by atoms with Crippen LogP contribution in [0.15, 0.2) is 12.1 Å². The molecule has 1 unspecified atom stereocenters. The van der Waals surface area contributed by atoms with Crippen LogP contribution < -0.4 is 14.8 Å². The van der Waals surface area contributed by atoms with Gasteiger partial charge in [0.15, 0.2) is 0 Å². The summed E-state index contributed by atoms with van der Waals surface area (Å²) in [4.78, 5) is 0. The molecule has 0 saturated carbocycles. The van der Waals surface area contributed by atoms with Crippen molar-refractivity contribution in [2.75, 3.05) is 20.8 Å². The van der Waals surface area contributed by atoms with Gasteiger partial charge >= 0.3 is 0 Å². The zero-order chi connectivity index (χ0) is 14.8. The number of thioether (sulfide) groups is 1. The van der Waals surface area contributed by atoms with Crippen molar-refractivity contribution in [1.82, 2.24) is 5.32 Å². The first kappa shape index (κ1) is 15.5. The molecule has 0 radical (unpaired) electrons. The summed E-state index contributed by atoms with van der Waals surface area (Å²) in [6, 6.07) is 4.30. The summed E-state index contributed by atoms with van der Waals surface area (Å²) < 4.78 is 11.3. The van der Waals surface area contributed by atoms with Gasteiger partial charge in [0.2, 0.25) is 0 Å². The molecular weight excluding hydrogens is 270 g/mol. The second-order valence-corrected chi connectivity index (χ2v) is 7.27. The lowest BCUT2D eigenvalue weighted by atomic mass is 9.89. The van der Waals surface area contributed by atoms with Crippen molar-refractivity contribution in [1.29, 1.82) is 0 Å². The Bertz CT molecular complexity index is 474. The lowest BCUT2D eigenvalue weighted by Gasteiger charge is -2.41. The third-order valence-electron chi connectivity index (χ3n) is 3.88. The van der Waals surface area contributed by atoms with E-state index in [-0.39, 0.29) is 10.8 Å². The third kappa shape index (κ3) is 2.77. The van der Waals surface area contributed by atoms with Gasteiger partial charge in [0.1, 0.15) is 11.5 Å². The van der Waals surface area contributed by atoms with Crippen LogP contribution in [0.2, 0.25) is 0 Å².